The number of halogens is 3. The lowest BCUT2D eigenvalue weighted by Crippen LogP contribution is -2.32. The van der Waals surface area contributed by atoms with Crippen LogP contribution in [0.4, 0.5) is 14.6 Å². The fourth-order valence-electron chi connectivity index (χ4n) is 3.17. The molecule has 0 bridgehead atoms. The minimum absolute atomic E-state index is 0.0117. The largest absolute Gasteiger partial charge is 0.367 e. The van der Waals surface area contributed by atoms with Gasteiger partial charge in [0.25, 0.3) is 0 Å². The van der Waals surface area contributed by atoms with Crippen LogP contribution in [0, 0.1) is 6.92 Å². The maximum Gasteiger partial charge on any atom is 0.248 e. The van der Waals surface area contributed by atoms with Gasteiger partial charge in [-0.3, -0.25) is 0 Å². The van der Waals surface area contributed by atoms with Crippen molar-refractivity contribution in [3.63, 3.8) is 0 Å². The first kappa shape index (κ1) is 18.1. The third-order valence-electron chi connectivity index (χ3n) is 4.51. The molecule has 1 saturated carbocycles. The molecule has 0 spiro atoms. The number of aromatic nitrogens is 3. The SMILES string of the molecule is Cc1cc(C(C)C)n(-c2cc(Cl)cc(NC3CCC(F)(F)CC3)n2)n1. The van der Waals surface area contributed by atoms with E-state index in [2.05, 4.69) is 29.2 Å². The summed E-state index contributed by atoms with van der Waals surface area (Å²) in [6.45, 7) is 6.13. The summed E-state index contributed by atoms with van der Waals surface area (Å²) in [5.74, 6) is -1.02. The third kappa shape index (κ3) is 4.29. The molecule has 1 aliphatic carbocycles. The molecule has 7 heteroatoms. The zero-order valence-electron chi connectivity index (χ0n) is 14.7. The number of nitrogens with one attached hydrogen (secondary N) is 1. The zero-order valence-corrected chi connectivity index (χ0v) is 15.4. The topological polar surface area (TPSA) is 42.7 Å². The van der Waals surface area contributed by atoms with Crippen molar-refractivity contribution in [1.82, 2.24) is 14.8 Å². The molecule has 1 aliphatic rings. The van der Waals surface area contributed by atoms with Gasteiger partial charge in [0.15, 0.2) is 5.82 Å². The Labute approximate surface area is 151 Å². The Morgan fingerprint density at radius 2 is 1.92 bits per heavy atom. The van der Waals surface area contributed by atoms with Crippen molar-refractivity contribution in [3.05, 3.63) is 34.6 Å². The van der Waals surface area contributed by atoms with Gasteiger partial charge in [-0.25, -0.2) is 18.4 Å². The highest BCUT2D eigenvalue weighted by Crippen LogP contribution is 2.34. The van der Waals surface area contributed by atoms with Crippen LogP contribution in [-0.2, 0) is 0 Å². The standard InChI is InChI=1S/C18H23ClF2N4/c1-11(2)15-8-12(3)24-25(15)17-10-13(19)9-16(23-17)22-14-4-6-18(20,21)7-5-14/h8-11,14H,4-7H2,1-3H3,(H,22,23). The highest BCUT2D eigenvalue weighted by atomic mass is 35.5. The Morgan fingerprint density at radius 1 is 1.24 bits per heavy atom. The summed E-state index contributed by atoms with van der Waals surface area (Å²) < 4.78 is 28.4. The predicted octanol–water partition coefficient (Wildman–Crippen LogP) is 5.34. The first-order chi connectivity index (χ1) is 11.7. The lowest BCUT2D eigenvalue weighted by molar-refractivity contribution is -0.0361. The van der Waals surface area contributed by atoms with Crippen LogP contribution in [0.25, 0.3) is 5.82 Å². The van der Waals surface area contributed by atoms with E-state index in [0.717, 1.165) is 11.4 Å². The molecule has 0 aliphatic heterocycles. The summed E-state index contributed by atoms with van der Waals surface area (Å²) >= 11 is 6.26. The quantitative estimate of drug-likeness (QED) is 0.791. The molecule has 4 nitrogen and oxygen atoms in total. The minimum atomic E-state index is -2.54. The minimum Gasteiger partial charge on any atom is -0.367 e. The van der Waals surface area contributed by atoms with Gasteiger partial charge in [0.2, 0.25) is 5.92 Å². The summed E-state index contributed by atoms with van der Waals surface area (Å²) in [5, 5.41) is 8.31. The Balaban J connectivity index is 1.84. The average molecular weight is 369 g/mol. The van der Waals surface area contributed by atoms with E-state index in [1.165, 1.54) is 0 Å². The smallest absolute Gasteiger partial charge is 0.248 e. The fraction of sp³-hybridized carbons (Fsp3) is 0.556. The Hall–Kier alpha value is -1.69. The van der Waals surface area contributed by atoms with Gasteiger partial charge in [0.1, 0.15) is 5.82 Å². The van der Waals surface area contributed by atoms with E-state index < -0.39 is 5.92 Å². The van der Waals surface area contributed by atoms with Crippen molar-refractivity contribution in [3.8, 4) is 5.82 Å². The van der Waals surface area contributed by atoms with E-state index in [9.17, 15) is 8.78 Å². The second-order valence-corrected chi connectivity index (χ2v) is 7.52. The van der Waals surface area contributed by atoms with Crippen molar-refractivity contribution in [2.75, 3.05) is 5.32 Å². The normalized spacial score (nSPS) is 17.9. The van der Waals surface area contributed by atoms with Crippen LogP contribution in [0.2, 0.25) is 5.02 Å². The van der Waals surface area contributed by atoms with E-state index in [-0.39, 0.29) is 18.9 Å². The molecule has 0 amide bonds. The number of aryl methyl sites for hydroxylation is 1. The highest BCUT2D eigenvalue weighted by Gasteiger charge is 2.35. The summed E-state index contributed by atoms with van der Waals surface area (Å²) in [7, 11) is 0. The lowest BCUT2D eigenvalue weighted by atomic mass is 9.92. The molecule has 1 N–H and O–H groups in total. The van der Waals surface area contributed by atoms with Crippen LogP contribution in [-0.4, -0.2) is 26.7 Å². The molecule has 136 valence electrons. The Kier molecular flexibility index (Phi) is 5.00. The third-order valence-corrected chi connectivity index (χ3v) is 4.73. The summed E-state index contributed by atoms with van der Waals surface area (Å²) in [5.41, 5.74) is 1.96. The van der Waals surface area contributed by atoms with Gasteiger partial charge >= 0.3 is 0 Å². The number of alkyl halides is 2. The van der Waals surface area contributed by atoms with Gasteiger partial charge in [-0.1, -0.05) is 25.4 Å². The maximum atomic E-state index is 13.3. The van der Waals surface area contributed by atoms with Crippen LogP contribution >= 0.6 is 11.6 Å². The number of pyridine rings is 1. The maximum absolute atomic E-state index is 13.3. The van der Waals surface area contributed by atoms with Crippen LogP contribution in [0.5, 0.6) is 0 Å². The molecule has 3 rings (SSSR count). The molecule has 25 heavy (non-hydrogen) atoms. The van der Waals surface area contributed by atoms with Crippen molar-refractivity contribution in [1.29, 1.82) is 0 Å². The van der Waals surface area contributed by atoms with Gasteiger partial charge in [-0.2, -0.15) is 5.10 Å². The number of nitrogens with zero attached hydrogens (tertiary/aromatic N) is 3. The molecule has 2 aromatic heterocycles. The Morgan fingerprint density at radius 3 is 2.56 bits per heavy atom. The van der Waals surface area contributed by atoms with Gasteiger partial charge in [0, 0.05) is 35.7 Å². The van der Waals surface area contributed by atoms with Crippen molar-refractivity contribution < 1.29 is 8.78 Å². The molecule has 0 saturated heterocycles. The summed E-state index contributed by atoms with van der Waals surface area (Å²) in [6, 6.07) is 5.51. The first-order valence-electron chi connectivity index (χ1n) is 8.62. The zero-order chi connectivity index (χ0) is 18.2. The van der Waals surface area contributed by atoms with Crippen LogP contribution in [0.15, 0.2) is 18.2 Å². The van der Waals surface area contributed by atoms with Gasteiger partial charge in [0.05, 0.1) is 5.69 Å². The second kappa shape index (κ2) is 6.90. The lowest BCUT2D eigenvalue weighted by Gasteiger charge is -2.29. The number of hydrogen-bond acceptors (Lipinski definition) is 3. The highest BCUT2D eigenvalue weighted by molar-refractivity contribution is 6.31. The average Bonchev–Trinajstić information content (AvgIpc) is 2.91. The summed E-state index contributed by atoms with van der Waals surface area (Å²) in [4.78, 5) is 4.61. The molecule has 0 unspecified atom stereocenters. The number of rotatable bonds is 4. The molecule has 0 radical (unpaired) electrons. The van der Waals surface area contributed by atoms with Crippen LogP contribution in [0.3, 0.4) is 0 Å². The Bertz CT molecular complexity index is 748. The van der Waals surface area contributed by atoms with Crippen molar-refractivity contribution in [2.45, 2.75) is 64.3 Å². The van der Waals surface area contributed by atoms with Crippen molar-refractivity contribution in [2.24, 2.45) is 0 Å². The van der Waals surface area contributed by atoms with E-state index in [1.807, 2.05) is 13.0 Å². The predicted molar refractivity (Wildman–Crippen MR) is 96.0 cm³/mol. The van der Waals surface area contributed by atoms with Crippen LogP contribution < -0.4 is 5.32 Å². The van der Waals surface area contributed by atoms with E-state index in [4.69, 9.17) is 11.6 Å². The number of hydrogen-bond donors (Lipinski definition) is 1. The van der Waals surface area contributed by atoms with Crippen LogP contribution in [0.1, 0.15) is 56.8 Å². The van der Waals surface area contributed by atoms with E-state index >= 15 is 0 Å². The van der Waals surface area contributed by atoms with Gasteiger partial charge in [-0.15, -0.1) is 0 Å². The molecular weight excluding hydrogens is 346 g/mol. The second-order valence-electron chi connectivity index (χ2n) is 7.08. The monoisotopic (exact) mass is 368 g/mol. The molecule has 2 heterocycles. The van der Waals surface area contributed by atoms with Gasteiger partial charge < -0.3 is 5.32 Å². The molecule has 0 atom stereocenters. The molecule has 0 aromatic carbocycles. The van der Waals surface area contributed by atoms with E-state index in [1.54, 1.807) is 16.8 Å². The molecule has 1 fully saturated rings. The van der Waals surface area contributed by atoms with Gasteiger partial charge in [-0.05, 0) is 37.8 Å². The first-order valence-corrected chi connectivity index (χ1v) is 9.00. The van der Waals surface area contributed by atoms with E-state index in [0.29, 0.717) is 35.4 Å². The summed E-state index contributed by atoms with van der Waals surface area (Å²) in [6.07, 6.45) is 0.672. The van der Waals surface area contributed by atoms with Crippen molar-refractivity contribution >= 4 is 17.4 Å². The molecule has 2 aromatic rings. The number of anilines is 1. The molecular formula is C18H23ClF2N4. The fourth-order valence-corrected chi connectivity index (χ4v) is 3.37.